The van der Waals surface area contributed by atoms with Crippen LogP contribution in [0.3, 0.4) is 0 Å². The van der Waals surface area contributed by atoms with Crippen LogP contribution in [0.2, 0.25) is 0 Å². The number of nitrogens with two attached hydrogens (primary N) is 1. The first-order valence-corrected chi connectivity index (χ1v) is 6.04. The third-order valence-corrected chi connectivity index (χ3v) is 2.61. The van der Waals surface area contributed by atoms with E-state index in [9.17, 15) is 13.2 Å². The molecule has 0 aromatic carbocycles. The number of nitrogens with zero attached hydrogens (tertiary/aromatic N) is 2. The molecule has 5 nitrogen and oxygen atoms in total. The molecule has 21 heavy (non-hydrogen) atoms. The van der Waals surface area contributed by atoms with Crippen molar-refractivity contribution in [1.82, 2.24) is 15.4 Å². The zero-order chi connectivity index (χ0) is 15.3. The molecule has 0 unspecified atom stereocenters. The molecule has 0 aliphatic heterocycles. The Balaban J connectivity index is 2.16. The number of hydrogen-bond acceptors (Lipinski definition) is 5. The number of hydrogen-bond donors (Lipinski definition) is 2. The lowest BCUT2D eigenvalue weighted by molar-refractivity contribution is -0.137. The Kier molecular flexibility index (Phi) is 4.84. The van der Waals surface area contributed by atoms with E-state index in [4.69, 9.17) is 10.6 Å². The summed E-state index contributed by atoms with van der Waals surface area (Å²) in [6.45, 7) is 0.353. The van der Waals surface area contributed by atoms with Gasteiger partial charge in [-0.25, -0.2) is 0 Å². The predicted molar refractivity (Wildman–Crippen MR) is 69.4 cm³/mol. The summed E-state index contributed by atoms with van der Waals surface area (Å²) in [4.78, 5) is 12.9. The van der Waals surface area contributed by atoms with Gasteiger partial charge in [-0.15, -0.1) is 0 Å². The summed E-state index contributed by atoms with van der Waals surface area (Å²) in [7, 11) is 0. The lowest BCUT2D eigenvalue weighted by Crippen LogP contribution is -2.22. The number of rotatable bonds is 5. The van der Waals surface area contributed by atoms with Crippen molar-refractivity contribution in [3.05, 3.63) is 47.9 Å². The van der Waals surface area contributed by atoms with Gasteiger partial charge in [-0.05, 0) is 24.3 Å². The Labute approximate surface area is 118 Å². The van der Waals surface area contributed by atoms with Gasteiger partial charge in [0.05, 0.1) is 23.6 Å². The summed E-state index contributed by atoms with van der Waals surface area (Å²) in [6.07, 6.45) is -2.05. The minimum absolute atomic E-state index is 0.167. The Bertz CT molecular complexity index is 587. The van der Waals surface area contributed by atoms with Gasteiger partial charge in [0.1, 0.15) is 6.61 Å². The average Bonchev–Trinajstić information content (AvgIpc) is 2.47. The van der Waals surface area contributed by atoms with Crippen molar-refractivity contribution >= 4 is 0 Å². The van der Waals surface area contributed by atoms with Crippen molar-refractivity contribution < 1.29 is 18.0 Å². The van der Waals surface area contributed by atoms with Gasteiger partial charge < -0.3 is 5.73 Å². The normalized spacial score (nSPS) is 11.6. The molecule has 8 heteroatoms. The molecule has 0 saturated heterocycles. The van der Waals surface area contributed by atoms with E-state index in [1.807, 2.05) is 0 Å². The van der Waals surface area contributed by atoms with Crippen LogP contribution in [0.1, 0.15) is 11.3 Å². The molecule has 3 N–H and O–H groups in total. The minimum Gasteiger partial charge on any atom is -0.317 e. The molecule has 0 aliphatic rings. The minimum atomic E-state index is -4.39. The molecule has 0 bridgehead atoms. The van der Waals surface area contributed by atoms with E-state index in [-0.39, 0.29) is 13.3 Å². The standard InChI is InChI=1S/C13H13F3N4O/c14-13(15,16)10-1-2-12(19-6-10)9-3-4-18-11(5-9)7-21-20-8-17/h1-6,20H,7-8,17H2. The fourth-order valence-electron chi connectivity index (χ4n) is 1.63. The van der Waals surface area contributed by atoms with Gasteiger partial charge >= 0.3 is 6.18 Å². The van der Waals surface area contributed by atoms with Crippen molar-refractivity contribution in [3.63, 3.8) is 0 Å². The highest BCUT2D eigenvalue weighted by Gasteiger charge is 2.30. The molecule has 112 valence electrons. The van der Waals surface area contributed by atoms with Crippen LogP contribution in [0, 0.1) is 0 Å². The van der Waals surface area contributed by atoms with E-state index in [2.05, 4.69) is 15.4 Å². The summed E-state index contributed by atoms with van der Waals surface area (Å²) < 4.78 is 37.4. The molecule has 2 aromatic rings. The monoisotopic (exact) mass is 298 g/mol. The van der Waals surface area contributed by atoms with Crippen molar-refractivity contribution in [1.29, 1.82) is 0 Å². The number of aromatic nitrogens is 2. The Morgan fingerprint density at radius 1 is 1.19 bits per heavy atom. The fourth-order valence-corrected chi connectivity index (χ4v) is 1.63. The third kappa shape index (κ3) is 4.22. The maximum atomic E-state index is 12.5. The lowest BCUT2D eigenvalue weighted by atomic mass is 10.1. The molecule has 2 heterocycles. The van der Waals surface area contributed by atoms with Gasteiger partial charge in [-0.1, -0.05) is 0 Å². The number of alkyl halides is 3. The van der Waals surface area contributed by atoms with E-state index >= 15 is 0 Å². The molecule has 0 aliphatic carbocycles. The van der Waals surface area contributed by atoms with Crippen LogP contribution in [0.15, 0.2) is 36.7 Å². The molecule has 0 atom stereocenters. The van der Waals surface area contributed by atoms with Crippen LogP contribution in [0.5, 0.6) is 0 Å². The SMILES string of the molecule is NCNOCc1cc(-c2ccc(C(F)(F)F)cn2)ccn1. The molecule has 0 radical (unpaired) electrons. The number of halogens is 3. The molecule has 0 saturated carbocycles. The van der Waals surface area contributed by atoms with Gasteiger partial charge in [0.25, 0.3) is 0 Å². The van der Waals surface area contributed by atoms with Crippen LogP contribution >= 0.6 is 0 Å². The molecule has 0 fully saturated rings. The van der Waals surface area contributed by atoms with Gasteiger partial charge in [0.15, 0.2) is 0 Å². The predicted octanol–water partition coefficient (Wildman–Crippen LogP) is 2.10. The zero-order valence-corrected chi connectivity index (χ0v) is 10.9. The fraction of sp³-hybridized carbons (Fsp3) is 0.231. The van der Waals surface area contributed by atoms with Crippen molar-refractivity contribution in [3.8, 4) is 11.3 Å². The van der Waals surface area contributed by atoms with E-state index in [0.717, 1.165) is 12.3 Å². The highest BCUT2D eigenvalue weighted by molar-refractivity contribution is 5.59. The van der Waals surface area contributed by atoms with Crippen molar-refractivity contribution in [2.45, 2.75) is 12.8 Å². The van der Waals surface area contributed by atoms with E-state index < -0.39 is 11.7 Å². The Hall–Kier alpha value is -2.03. The number of pyridine rings is 2. The van der Waals surface area contributed by atoms with Gasteiger partial charge in [0.2, 0.25) is 0 Å². The first-order valence-electron chi connectivity index (χ1n) is 6.04. The molecule has 2 aromatic heterocycles. The van der Waals surface area contributed by atoms with Gasteiger partial charge in [-0.3, -0.25) is 14.8 Å². The number of hydroxylamine groups is 1. The summed E-state index contributed by atoms with van der Waals surface area (Å²) >= 11 is 0. The Morgan fingerprint density at radius 3 is 2.62 bits per heavy atom. The third-order valence-electron chi connectivity index (χ3n) is 2.61. The van der Waals surface area contributed by atoms with Crippen LogP contribution in [0.4, 0.5) is 13.2 Å². The highest BCUT2D eigenvalue weighted by atomic mass is 19.4. The van der Waals surface area contributed by atoms with E-state index in [1.54, 1.807) is 12.1 Å². The molecular weight excluding hydrogens is 285 g/mol. The van der Waals surface area contributed by atoms with Crippen LogP contribution < -0.4 is 11.2 Å². The average molecular weight is 298 g/mol. The molecule has 0 amide bonds. The smallest absolute Gasteiger partial charge is 0.317 e. The quantitative estimate of drug-likeness (QED) is 0.502. The molecular formula is C13H13F3N4O. The number of nitrogens with one attached hydrogen (secondary N) is 1. The second-order valence-electron chi connectivity index (χ2n) is 4.10. The van der Waals surface area contributed by atoms with Crippen molar-refractivity contribution in [2.24, 2.45) is 5.73 Å². The van der Waals surface area contributed by atoms with Crippen LogP contribution in [0.25, 0.3) is 11.3 Å². The summed E-state index contributed by atoms with van der Waals surface area (Å²) in [5.74, 6) is 0. The topological polar surface area (TPSA) is 73.1 Å². The summed E-state index contributed by atoms with van der Waals surface area (Å²) in [5, 5.41) is 0. The van der Waals surface area contributed by atoms with E-state index in [1.165, 1.54) is 12.3 Å². The summed E-state index contributed by atoms with van der Waals surface area (Å²) in [5.41, 5.74) is 8.59. The molecule has 0 spiro atoms. The van der Waals surface area contributed by atoms with Crippen LogP contribution in [-0.4, -0.2) is 16.6 Å². The maximum absolute atomic E-state index is 12.5. The largest absolute Gasteiger partial charge is 0.417 e. The van der Waals surface area contributed by atoms with E-state index in [0.29, 0.717) is 17.0 Å². The lowest BCUT2D eigenvalue weighted by Gasteiger charge is -2.08. The van der Waals surface area contributed by atoms with Gasteiger partial charge in [-0.2, -0.15) is 18.7 Å². The first kappa shape index (κ1) is 15.4. The maximum Gasteiger partial charge on any atom is 0.417 e. The highest BCUT2D eigenvalue weighted by Crippen LogP contribution is 2.29. The van der Waals surface area contributed by atoms with Crippen molar-refractivity contribution in [2.75, 3.05) is 6.67 Å². The second-order valence-corrected chi connectivity index (χ2v) is 4.10. The Morgan fingerprint density at radius 2 is 2.00 bits per heavy atom. The zero-order valence-electron chi connectivity index (χ0n) is 10.9. The van der Waals surface area contributed by atoms with Crippen LogP contribution in [-0.2, 0) is 17.6 Å². The van der Waals surface area contributed by atoms with Gasteiger partial charge in [0, 0.05) is 18.0 Å². The summed E-state index contributed by atoms with van der Waals surface area (Å²) in [6, 6.07) is 5.67. The first-order chi connectivity index (χ1) is 10.0. The molecule has 2 rings (SSSR count). The second kappa shape index (κ2) is 6.61.